The highest BCUT2D eigenvalue weighted by molar-refractivity contribution is 5.93. The Kier molecular flexibility index (Phi) is 7.66. The largest absolute Gasteiger partial charge is 0.384 e. The molecule has 0 radical (unpaired) electrons. The van der Waals surface area contributed by atoms with Crippen molar-refractivity contribution >= 4 is 17.7 Å². The third-order valence-electron chi connectivity index (χ3n) is 7.31. The first-order valence-electron chi connectivity index (χ1n) is 12.6. The molecule has 2 atom stereocenters. The van der Waals surface area contributed by atoms with Crippen molar-refractivity contribution in [3.05, 3.63) is 35.3 Å². The number of piperazine rings is 1. The lowest BCUT2D eigenvalue weighted by molar-refractivity contribution is -0.118. The maximum atomic E-state index is 12.3. The Balaban J connectivity index is 1.41. The van der Waals surface area contributed by atoms with Gasteiger partial charge in [-0.25, -0.2) is 4.98 Å². The van der Waals surface area contributed by atoms with Crippen LogP contribution in [0.25, 0.3) is 0 Å². The normalized spacial score (nSPS) is 23.3. The molecule has 1 aromatic rings. The average Bonchev–Trinajstić information content (AvgIpc) is 2.97. The number of fused-ring (bicyclic) bond motifs is 2. The molecule has 35 heavy (non-hydrogen) atoms. The number of carbonyl (C=O) groups excluding carboxylic acids is 1. The SMILES string of the molecule is CNC(=O)C1=C(C)CC=C(Nc2nccc(N3C[C@H]4CC[C@@H](C3)N4CC(C)(C)COC)n2)CN1C. The zero-order chi connectivity index (χ0) is 25.2. The van der Waals surface area contributed by atoms with Crippen molar-refractivity contribution in [3.8, 4) is 0 Å². The number of anilines is 2. The highest BCUT2D eigenvalue weighted by Crippen LogP contribution is 2.35. The molecule has 2 N–H and O–H groups in total. The second-order valence-corrected chi connectivity index (χ2v) is 10.9. The number of rotatable bonds is 8. The molecule has 9 nitrogen and oxygen atoms in total. The van der Waals surface area contributed by atoms with Crippen LogP contribution in [-0.2, 0) is 9.53 Å². The first-order valence-corrected chi connectivity index (χ1v) is 12.6. The van der Waals surface area contributed by atoms with Crippen molar-refractivity contribution in [3.63, 3.8) is 0 Å². The summed E-state index contributed by atoms with van der Waals surface area (Å²) in [5.74, 6) is 1.51. The molecule has 0 aromatic carbocycles. The molecule has 2 bridgehead atoms. The summed E-state index contributed by atoms with van der Waals surface area (Å²) in [5, 5.41) is 6.15. The molecule has 1 amide bonds. The zero-order valence-electron chi connectivity index (χ0n) is 22.1. The Morgan fingerprint density at radius 1 is 1.26 bits per heavy atom. The van der Waals surface area contributed by atoms with Crippen LogP contribution in [-0.4, -0.2) is 91.7 Å². The third kappa shape index (κ3) is 5.78. The predicted octanol–water partition coefficient (Wildman–Crippen LogP) is 2.45. The maximum Gasteiger partial charge on any atom is 0.267 e. The van der Waals surface area contributed by atoms with Crippen molar-refractivity contribution in [1.82, 2.24) is 25.1 Å². The zero-order valence-corrected chi connectivity index (χ0v) is 22.1. The van der Waals surface area contributed by atoms with Gasteiger partial charge in [0.1, 0.15) is 11.5 Å². The highest BCUT2D eigenvalue weighted by atomic mass is 16.5. The number of allylic oxidation sites excluding steroid dienone is 2. The molecule has 1 aromatic heterocycles. The van der Waals surface area contributed by atoms with Gasteiger partial charge in [0.25, 0.3) is 5.91 Å². The molecular weight excluding hydrogens is 442 g/mol. The molecule has 2 fully saturated rings. The minimum Gasteiger partial charge on any atom is -0.384 e. The number of likely N-dealkylation sites (N-methyl/N-ethyl adjacent to an activating group) is 2. The van der Waals surface area contributed by atoms with Gasteiger partial charge in [-0.3, -0.25) is 9.69 Å². The van der Waals surface area contributed by atoms with E-state index in [1.54, 1.807) is 14.2 Å². The van der Waals surface area contributed by atoms with Crippen LogP contribution in [0.2, 0.25) is 0 Å². The molecule has 4 heterocycles. The Bertz CT molecular complexity index is 976. The van der Waals surface area contributed by atoms with Crippen molar-refractivity contribution in [1.29, 1.82) is 0 Å². The van der Waals surface area contributed by atoms with Gasteiger partial charge in [-0.05, 0) is 37.8 Å². The Morgan fingerprint density at radius 2 is 1.97 bits per heavy atom. The van der Waals surface area contributed by atoms with Crippen molar-refractivity contribution < 1.29 is 9.53 Å². The summed E-state index contributed by atoms with van der Waals surface area (Å²) < 4.78 is 5.46. The molecule has 0 aliphatic carbocycles. The smallest absolute Gasteiger partial charge is 0.267 e. The lowest BCUT2D eigenvalue weighted by Gasteiger charge is -2.44. The van der Waals surface area contributed by atoms with Crippen molar-refractivity contribution in [2.24, 2.45) is 5.41 Å². The number of carbonyl (C=O) groups is 1. The van der Waals surface area contributed by atoms with Gasteiger partial charge in [-0.15, -0.1) is 0 Å². The van der Waals surface area contributed by atoms with E-state index in [1.807, 2.05) is 31.1 Å². The maximum absolute atomic E-state index is 12.3. The number of methoxy groups -OCH3 is 1. The van der Waals surface area contributed by atoms with Crippen LogP contribution in [0.5, 0.6) is 0 Å². The molecule has 192 valence electrons. The van der Waals surface area contributed by atoms with E-state index in [9.17, 15) is 4.79 Å². The Labute approximate surface area is 209 Å². The number of ether oxygens (including phenoxy) is 1. The minimum atomic E-state index is -0.0581. The fourth-order valence-corrected chi connectivity index (χ4v) is 5.77. The van der Waals surface area contributed by atoms with Gasteiger partial charge in [-0.2, -0.15) is 4.98 Å². The van der Waals surface area contributed by atoms with Crippen LogP contribution in [0.15, 0.2) is 35.3 Å². The molecule has 9 heteroatoms. The number of amides is 1. The standard InChI is InChI=1S/C26H41N7O2/c1-18-7-8-19(13-31(5)23(18)24(34)27-4)29-25-28-12-11-22(30-25)32-14-20-9-10-21(15-32)33(20)16-26(2,3)17-35-6/h8,11-12,20-21H,7,9-10,13-17H2,1-6H3,(H,27,34)(H,28,29,30)/t20-,21+. The molecule has 3 aliphatic rings. The number of hydrogen-bond donors (Lipinski definition) is 2. The Morgan fingerprint density at radius 3 is 2.63 bits per heavy atom. The first-order chi connectivity index (χ1) is 16.7. The van der Waals surface area contributed by atoms with Gasteiger partial charge < -0.3 is 25.2 Å². The quantitative estimate of drug-likeness (QED) is 0.583. The van der Waals surface area contributed by atoms with E-state index >= 15 is 0 Å². The molecule has 4 rings (SSSR count). The second-order valence-electron chi connectivity index (χ2n) is 10.9. The van der Waals surface area contributed by atoms with Crippen molar-refractivity contribution in [2.45, 2.75) is 52.1 Å². The molecule has 2 saturated heterocycles. The van der Waals surface area contributed by atoms with E-state index in [0.29, 0.717) is 31.0 Å². The van der Waals surface area contributed by atoms with E-state index < -0.39 is 0 Å². The summed E-state index contributed by atoms with van der Waals surface area (Å²) in [6.45, 7) is 11.0. The van der Waals surface area contributed by atoms with Crippen LogP contribution in [0.1, 0.15) is 40.0 Å². The van der Waals surface area contributed by atoms with Gasteiger partial charge in [0.05, 0.1) is 13.2 Å². The number of hydrogen-bond acceptors (Lipinski definition) is 8. The lowest BCUT2D eigenvalue weighted by Crippen LogP contribution is -2.56. The lowest BCUT2D eigenvalue weighted by atomic mass is 9.92. The summed E-state index contributed by atoms with van der Waals surface area (Å²) in [6.07, 6.45) is 7.14. The van der Waals surface area contributed by atoms with Crippen LogP contribution in [0.4, 0.5) is 11.8 Å². The Hall–Kier alpha value is -2.65. The predicted molar refractivity (Wildman–Crippen MR) is 139 cm³/mol. The molecule has 0 spiro atoms. The monoisotopic (exact) mass is 483 g/mol. The van der Waals surface area contributed by atoms with E-state index in [1.165, 1.54) is 12.8 Å². The third-order valence-corrected chi connectivity index (χ3v) is 7.31. The van der Waals surface area contributed by atoms with E-state index in [4.69, 9.17) is 9.72 Å². The topological polar surface area (TPSA) is 85.9 Å². The van der Waals surface area contributed by atoms with Crippen LogP contribution in [0.3, 0.4) is 0 Å². The van der Waals surface area contributed by atoms with E-state index in [2.05, 4.69) is 45.3 Å². The van der Waals surface area contributed by atoms with E-state index in [0.717, 1.165) is 49.0 Å². The van der Waals surface area contributed by atoms with Gasteiger partial charge in [0.2, 0.25) is 5.95 Å². The fraction of sp³-hybridized carbons (Fsp3) is 0.654. The molecule has 0 saturated carbocycles. The van der Waals surface area contributed by atoms with Gasteiger partial charge in [0, 0.05) is 70.2 Å². The number of nitrogens with one attached hydrogen (secondary N) is 2. The second kappa shape index (κ2) is 10.5. The number of aromatic nitrogens is 2. The summed E-state index contributed by atoms with van der Waals surface area (Å²) in [6, 6.07) is 3.11. The summed E-state index contributed by atoms with van der Waals surface area (Å²) in [4.78, 5) is 28.8. The first kappa shape index (κ1) is 25.4. The fourth-order valence-electron chi connectivity index (χ4n) is 5.77. The molecule has 3 aliphatic heterocycles. The van der Waals surface area contributed by atoms with Gasteiger partial charge >= 0.3 is 0 Å². The van der Waals surface area contributed by atoms with Crippen LogP contribution in [0, 0.1) is 5.41 Å². The van der Waals surface area contributed by atoms with Gasteiger partial charge in [-0.1, -0.05) is 19.9 Å². The van der Waals surface area contributed by atoms with Gasteiger partial charge in [0.15, 0.2) is 0 Å². The average molecular weight is 484 g/mol. The highest BCUT2D eigenvalue weighted by Gasteiger charge is 2.42. The molecule has 0 unspecified atom stereocenters. The molecular formula is C26H41N7O2. The number of nitrogens with zero attached hydrogens (tertiary/aromatic N) is 5. The van der Waals surface area contributed by atoms with Crippen LogP contribution < -0.4 is 15.5 Å². The summed E-state index contributed by atoms with van der Waals surface area (Å²) >= 11 is 0. The summed E-state index contributed by atoms with van der Waals surface area (Å²) in [7, 11) is 5.39. The van der Waals surface area contributed by atoms with Crippen molar-refractivity contribution in [2.75, 3.05) is 64.2 Å². The van der Waals surface area contributed by atoms with Crippen LogP contribution >= 0.6 is 0 Å². The minimum absolute atomic E-state index is 0.0581. The summed E-state index contributed by atoms with van der Waals surface area (Å²) in [5.41, 5.74) is 2.90. The van der Waals surface area contributed by atoms with E-state index in [-0.39, 0.29) is 11.3 Å².